The maximum absolute atomic E-state index is 13.0. The van der Waals surface area contributed by atoms with Gasteiger partial charge >= 0.3 is 12.1 Å². The van der Waals surface area contributed by atoms with Gasteiger partial charge in [0.2, 0.25) is 5.78 Å². The van der Waals surface area contributed by atoms with E-state index in [9.17, 15) is 32.9 Å². The molecule has 1 unspecified atom stereocenters. The first-order valence-corrected chi connectivity index (χ1v) is 10.3. The number of alkyl halides is 3. The van der Waals surface area contributed by atoms with Crippen molar-refractivity contribution in [3.05, 3.63) is 99.6 Å². The van der Waals surface area contributed by atoms with Gasteiger partial charge in [-0.3, -0.25) is 14.9 Å². The number of benzene rings is 3. The van der Waals surface area contributed by atoms with Crippen LogP contribution in [0, 0.1) is 10.1 Å². The summed E-state index contributed by atoms with van der Waals surface area (Å²) in [6.07, 6.45) is -5.84. The van der Waals surface area contributed by atoms with Gasteiger partial charge in [0.25, 0.3) is 5.69 Å². The number of rotatable bonds is 7. The predicted molar refractivity (Wildman–Crippen MR) is 114 cm³/mol. The number of hydrogen-bond acceptors (Lipinski definition) is 6. The summed E-state index contributed by atoms with van der Waals surface area (Å²) in [6, 6.07) is 16.4. The zero-order chi connectivity index (χ0) is 24.2. The largest absolute Gasteiger partial charge is 0.451 e. The number of hydrogen-bond donors (Lipinski definition) is 0. The molecule has 0 saturated carbocycles. The first-order chi connectivity index (χ1) is 15.6. The molecule has 0 radical (unpaired) electrons. The summed E-state index contributed by atoms with van der Waals surface area (Å²) < 4.78 is 44.1. The van der Waals surface area contributed by atoms with Gasteiger partial charge in [-0.2, -0.15) is 13.2 Å². The molecule has 33 heavy (non-hydrogen) atoms. The fourth-order valence-corrected chi connectivity index (χ4v) is 3.90. The highest BCUT2D eigenvalue weighted by molar-refractivity contribution is 7.99. The normalized spacial score (nSPS) is 12.1. The number of nitrogens with zero attached hydrogens (tertiary/aromatic N) is 1. The van der Waals surface area contributed by atoms with Crippen LogP contribution in [0.5, 0.6) is 0 Å². The van der Waals surface area contributed by atoms with Gasteiger partial charge in [0.05, 0.1) is 20.9 Å². The van der Waals surface area contributed by atoms with Crippen LogP contribution >= 0.6 is 11.8 Å². The molecule has 0 N–H and O–H groups in total. The van der Waals surface area contributed by atoms with Crippen LogP contribution in [0.4, 0.5) is 18.9 Å². The standard InChI is InChI=1S/C23H16F3NO5S/c1-14(21(28)15-7-3-2-4-8-15)32-22(29)17-9-5-6-10-19(17)33-20-12-11-16(23(24,25)26)13-18(20)27(30)31/h2-14H,1H3. The molecule has 0 amide bonds. The van der Waals surface area contributed by atoms with Gasteiger partial charge in [-0.05, 0) is 31.2 Å². The highest BCUT2D eigenvalue weighted by atomic mass is 32.2. The predicted octanol–water partition coefficient (Wildman–Crippen LogP) is 6.19. The number of carbonyl (C=O) groups excluding carboxylic acids is 2. The molecular formula is C23H16F3NO5S. The van der Waals surface area contributed by atoms with Crippen LogP contribution < -0.4 is 0 Å². The first-order valence-electron chi connectivity index (χ1n) is 9.50. The topological polar surface area (TPSA) is 86.5 Å². The van der Waals surface area contributed by atoms with Crippen LogP contribution in [0.2, 0.25) is 0 Å². The molecule has 0 aliphatic heterocycles. The second-order valence-electron chi connectivity index (χ2n) is 6.81. The second kappa shape index (κ2) is 9.86. The number of ketones is 1. The quantitative estimate of drug-likeness (QED) is 0.175. The van der Waals surface area contributed by atoms with Gasteiger partial charge in [0.1, 0.15) is 0 Å². The smallest absolute Gasteiger partial charge is 0.416 e. The monoisotopic (exact) mass is 475 g/mol. The molecule has 0 aromatic heterocycles. The Kier molecular flexibility index (Phi) is 7.17. The molecular weight excluding hydrogens is 459 g/mol. The highest BCUT2D eigenvalue weighted by Crippen LogP contribution is 2.40. The van der Waals surface area contributed by atoms with Gasteiger partial charge in [-0.1, -0.05) is 54.2 Å². The van der Waals surface area contributed by atoms with Crippen molar-refractivity contribution >= 4 is 29.2 Å². The summed E-state index contributed by atoms with van der Waals surface area (Å²) in [5.74, 6) is -1.25. The Labute approximate surface area is 190 Å². The van der Waals surface area contributed by atoms with E-state index in [0.717, 1.165) is 23.9 Å². The number of Topliss-reactive ketones (excluding diaryl/α,β-unsaturated/α-hetero) is 1. The van der Waals surface area contributed by atoms with Crippen LogP contribution in [0.25, 0.3) is 0 Å². The fourth-order valence-electron chi connectivity index (χ4n) is 2.88. The lowest BCUT2D eigenvalue weighted by Gasteiger charge is -2.14. The second-order valence-corrected chi connectivity index (χ2v) is 7.90. The minimum atomic E-state index is -4.74. The van der Waals surface area contributed by atoms with Crippen molar-refractivity contribution in [3.8, 4) is 0 Å². The minimum absolute atomic E-state index is 0.0180. The molecule has 3 rings (SSSR count). The summed E-state index contributed by atoms with van der Waals surface area (Å²) in [6.45, 7) is 1.42. The summed E-state index contributed by atoms with van der Waals surface area (Å²) in [4.78, 5) is 35.8. The Balaban J connectivity index is 1.86. The van der Waals surface area contributed by atoms with Crippen molar-refractivity contribution < 1.29 is 32.4 Å². The number of esters is 1. The molecule has 0 bridgehead atoms. The Morgan fingerprint density at radius 1 is 0.970 bits per heavy atom. The molecule has 6 nitrogen and oxygen atoms in total. The lowest BCUT2D eigenvalue weighted by Crippen LogP contribution is -2.24. The average Bonchev–Trinajstić information content (AvgIpc) is 2.78. The Bertz CT molecular complexity index is 1200. The number of carbonyl (C=O) groups is 2. The van der Waals surface area contributed by atoms with Gasteiger partial charge < -0.3 is 4.74 Å². The van der Waals surface area contributed by atoms with E-state index in [1.54, 1.807) is 36.4 Å². The number of ether oxygens (including phenoxy) is 1. The van der Waals surface area contributed by atoms with Gasteiger partial charge in [0.15, 0.2) is 6.10 Å². The molecule has 0 saturated heterocycles. The molecule has 10 heteroatoms. The lowest BCUT2D eigenvalue weighted by atomic mass is 10.1. The van der Waals surface area contributed by atoms with Crippen molar-refractivity contribution in [3.63, 3.8) is 0 Å². The fraction of sp³-hybridized carbons (Fsp3) is 0.130. The van der Waals surface area contributed by atoms with E-state index in [2.05, 4.69) is 0 Å². The highest BCUT2D eigenvalue weighted by Gasteiger charge is 2.33. The number of halogens is 3. The number of nitro groups is 1. The summed E-state index contributed by atoms with van der Waals surface area (Å²) in [5.41, 5.74) is -1.52. The first kappa shape index (κ1) is 24.0. The summed E-state index contributed by atoms with van der Waals surface area (Å²) in [5, 5.41) is 11.4. The molecule has 0 aliphatic rings. The van der Waals surface area contributed by atoms with Crippen molar-refractivity contribution in [1.82, 2.24) is 0 Å². The van der Waals surface area contributed by atoms with Crippen molar-refractivity contribution in [2.45, 2.75) is 29.0 Å². The van der Waals surface area contributed by atoms with Gasteiger partial charge in [0, 0.05) is 16.5 Å². The van der Waals surface area contributed by atoms with Crippen LogP contribution in [0.15, 0.2) is 82.6 Å². The zero-order valence-corrected chi connectivity index (χ0v) is 17.9. The SMILES string of the molecule is CC(OC(=O)c1ccccc1Sc1ccc(C(F)(F)F)cc1[N+](=O)[O-])C(=O)c1ccccc1. The summed E-state index contributed by atoms with van der Waals surface area (Å²) in [7, 11) is 0. The van der Waals surface area contributed by atoms with Crippen LogP contribution in [0.3, 0.4) is 0 Å². The Hall–Kier alpha value is -3.66. The van der Waals surface area contributed by atoms with E-state index in [1.807, 2.05) is 0 Å². The maximum Gasteiger partial charge on any atom is 0.416 e. The van der Waals surface area contributed by atoms with Crippen LogP contribution in [0.1, 0.15) is 33.2 Å². The lowest BCUT2D eigenvalue weighted by molar-refractivity contribution is -0.388. The van der Waals surface area contributed by atoms with E-state index >= 15 is 0 Å². The molecule has 0 fully saturated rings. The van der Waals surface area contributed by atoms with E-state index in [1.165, 1.54) is 25.1 Å². The van der Waals surface area contributed by atoms with E-state index in [-0.39, 0.29) is 15.4 Å². The molecule has 0 spiro atoms. The molecule has 170 valence electrons. The van der Waals surface area contributed by atoms with E-state index in [4.69, 9.17) is 4.74 Å². The number of nitro benzene ring substituents is 1. The van der Waals surface area contributed by atoms with Crippen molar-refractivity contribution in [2.75, 3.05) is 0 Å². The third-order valence-electron chi connectivity index (χ3n) is 4.52. The minimum Gasteiger partial charge on any atom is -0.451 e. The van der Waals surface area contributed by atoms with Crippen molar-refractivity contribution in [2.24, 2.45) is 0 Å². The van der Waals surface area contributed by atoms with Crippen LogP contribution in [-0.4, -0.2) is 22.8 Å². The average molecular weight is 475 g/mol. The van der Waals surface area contributed by atoms with Crippen LogP contribution in [-0.2, 0) is 10.9 Å². The molecule has 3 aromatic rings. The molecule has 0 heterocycles. The Morgan fingerprint density at radius 3 is 2.24 bits per heavy atom. The molecule has 1 atom stereocenters. The Morgan fingerprint density at radius 2 is 1.61 bits per heavy atom. The maximum atomic E-state index is 13.0. The van der Waals surface area contributed by atoms with Gasteiger partial charge in [-0.15, -0.1) is 0 Å². The third kappa shape index (κ3) is 5.78. The molecule has 3 aromatic carbocycles. The molecule has 0 aliphatic carbocycles. The third-order valence-corrected chi connectivity index (χ3v) is 5.66. The summed E-state index contributed by atoms with van der Waals surface area (Å²) >= 11 is 0.754. The van der Waals surface area contributed by atoms with Crippen molar-refractivity contribution in [1.29, 1.82) is 0 Å². The zero-order valence-electron chi connectivity index (χ0n) is 17.0. The van der Waals surface area contributed by atoms with E-state index in [0.29, 0.717) is 11.6 Å². The van der Waals surface area contributed by atoms with E-state index < -0.39 is 40.2 Å². The van der Waals surface area contributed by atoms with Gasteiger partial charge in [-0.25, -0.2) is 4.79 Å².